The Morgan fingerprint density at radius 3 is 2.75 bits per heavy atom. The molecule has 3 rings (SSSR count). The van der Waals surface area contributed by atoms with Crippen molar-refractivity contribution in [1.29, 1.82) is 0 Å². The van der Waals surface area contributed by atoms with Gasteiger partial charge in [0, 0.05) is 17.2 Å². The number of aromatic carboxylic acids is 1. The van der Waals surface area contributed by atoms with Crippen molar-refractivity contribution in [2.75, 3.05) is 0 Å². The van der Waals surface area contributed by atoms with Gasteiger partial charge < -0.3 is 5.11 Å². The molecule has 1 aromatic rings. The molecule has 2 atom stereocenters. The number of carbonyl (C=O) groups is 1. The third-order valence-corrected chi connectivity index (χ3v) is 3.36. The second-order valence-electron chi connectivity index (χ2n) is 4.58. The first-order chi connectivity index (χ1) is 7.69. The SMILES string of the molecule is CCCC.O=C(O)c1n[nH]c2c1C[C@H]1C[C@@H]21. The number of carboxylic acids is 1. The summed E-state index contributed by atoms with van der Waals surface area (Å²) in [6.45, 7) is 4.36. The van der Waals surface area contributed by atoms with Crippen LogP contribution in [-0.4, -0.2) is 21.3 Å². The molecule has 0 spiro atoms. The molecule has 4 nitrogen and oxygen atoms in total. The maximum absolute atomic E-state index is 10.7. The van der Waals surface area contributed by atoms with E-state index in [0.717, 1.165) is 17.7 Å². The molecule has 2 N–H and O–H groups in total. The summed E-state index contributed by atoms with van der Waals surface area (Å²) in [5.74, 6) is 0.404. The number of H-pyrrole nitrogens is 1. The Morgan fingerprint density at radius 2 is 2.19 bits per heavy atom. The normalized spacial score (nSPS) is 24.1. The van der Waals surface area contributed by atoms with Crippen LogP contribution in [0.15, 0.2) is 0 Å². The molecule has 0 bridgehead atoms. The summed E-state index contributed by atoms with van der Waals surface area (Å²) >= 11 is 0. The van der Waals surface area contributed by atoms with Crippen LogP contribution in [0.4, 0.5) is 0 Å². The first-order valence-electron chi connectivity index (χ1n) is 5.99. The number of hydrogen-bond donors (Lipinski definition) is 2. The van der Waals surface area contributed by atoms with Crippen molar-refractivity contribution in [3.05, 3.63) is 17.0 Å². The molecule has 88 valence electrons. The predicted molar refractivity (Wildman–Crippen MR) is 60.7 cm³/mol. The molecule has 1 heterocycles. The van der Waals surface area contributed by atoms with E-state index in [0.29, 0.717) is 11.8 Å². The lowest BCUT2D eigenvalue weighted by atomic mass is 10.1. The van der Waals surface area contributed by atoms with Gasteiger partial charge in [-0.05, 0) is 18.8 Å². The van der Waals surface area contributed by atoms with Gasteiger partial charge in [-0.1, -0.05) is 26.7 Å². The van der Waals surface area contributed by atoms with E-state index in [1.807, 2.05) is 0 Å². The van der Waals surface area contributed by atoms with Gasteiger partial charge in [0.25, 0.3) is 0 Å². The number of fused-ring (bicyclic) bond motifs is 3. The molecule has 1 saturated carbocycles. The summed E-state index contributed by atoms with van der Waals surface area (Å²) in [7, 11) is 0. The van der Waals surface area contributed by atoms with Gasteiger partial charge in [0.15, 0.2) is 5.69 Å². The Hall–Kier alpha value is -1.32. The summed E-state index contributed by atoms with van der Waals surface area (Å²) in [4.78, 5) is 10.7. The molecule has 1 aromatic heterocycles. The van der Waals surface area contributed by atoms with Crippen molar-refractivity contribution >= 4 is 5.97 Å². The van der Waals surface area contributed by atoms with Crippen molar-refractivity contribution in [3.63, 3.8) is 0 Å². The van der Waals surface area contributed by atoms with Crippen molar-refractivity contribution in [2.24, 2.45) is 5.92 Å². The standard InChI is InChI=1S/C8H8N2O2.C4H10/c11-8(12)7-5-2-3-1-4(3)6(5)9-10-7;1-3-4-2/h3-4H,1-2H2,(H,9,10)(H,11,12);3-4H2,1-2H3/t3-,4-;/m1./s1. The first-order valence-corrected chi connectivity index (χ1v) is 5.99. The molecule has 0 aliphatic heterocycles. The molecule has 0 radical (unpaired) electrons. The number of nitrogens with zero attached hydrogens (tertiary/aromatic N) is 1. The number of rotatable bonds is 2. The molecule has 0 saturated heterocycles. The third kappa shape index (κ3) is 1.84. The summed E-state index contributed by atoms with van der Waals surface area (Å²) in [6.07, 6.45) is 4.77. The van der Waals surface area contributed by atoms with E-state index in [2.05, 4.69) is 24.0 Å². The fourth-order valence-electron chi connectivity index (χ4n) is 2.16. The molecule has 1 fully saturated rings. The highest BCUT2D eigenvalue weighted by Crippen LogP contribution is 2.55. The van der Waals surface area contributed by atoms with E-state index < -0.39 is 5.97 Å². The molecule has 0 amide bonds. The van der Waals surface area contributed by atoms with Crippen LogP contribution in [0, 0.1) is 5.92 Å². The van der Waals surface area contributed by atoms with Crippen LogP contribution in [0.1, 0.15) is 60.8 Å². The summed E-state index contributed by atoms with van der Waals surface area (Å²) in [6, 6.07) is 0. The fraction of sp³-hybridized carbons (Fsp3) is 0.667. The van der Waals surface area contributed by atoms with Crippen LogP contribution in [0.3, 0.4) is 0 Å². The van der Waals surface area contributed by atoms with Crippen LogP contribution in [0.2, 0.25) is 0 Å². The van der Waals surface area contributed by atoms with Gasteiger partial charge >= 0.3 is 5.97 Å². The molecule has 0 aromatic carbocycles. The average molecular weight is 222 g/mol. The zero-order valence-electron chi connectivity index (χ0n) is 9.79. The maximum atomic E-state index is 10.7. The highest BCUT2D eigenvalue weighted by atomic mass is 16.4. The minimum atomic E-state index is -0.909. The second-order valence-corrected chi connectivity index (χ2v) is 4.58. The smallest absolute Gasteiger partial charge is 0.356 e. The topological polar surface area (TPSA) is 66.0 Å². The minimum absolute atomic E-state index is 0.234. The van der Waals surface area contributed by atoms with Gasteiger partial charge in [-0.25, -0.2) is 4.79 Å². The van der Waals surface area contributed by atoms with E-state index in [1.165, 1.54) is 19.3 Å². The Labute approximate surface area is 95.1 Å². The molecule has 16 heavy (non-hydrogen) atoms. The van der Waals surface area contributed by atoms with Crippen LogP contribution >= 0.6 is 0 Å². The summed E-state index contributed by atoms with van der Waals surface area (Å²) < 4.78 is 0. The molecular weight excluding hydrogens is 204 g/mol. The molecular formula is C12H18N2O2. The number of nitrogens with one attached hydrogen (secondary N) is 1. The van der Waals surface area contributed by atoms with Crippen molar-refractivity contribution in [2.45, 2.75) is 45.4 Å². The molecule has 4 heteroatoms. The van der Waals surface area contributed by atoms with Gasteiger partial charge in [0.05, 0.1) is 0 Å². The zero-order chi connectivity index (χ0) is 11.7. The predicted octanol–water partition coefficient (Wildman–Crippen LogP) is 2.57. The van der Waals surface area contributed by atoms with Crippen LogP contribution in [0.5, 0.6) is 0 Å². The summed E-state index contributed by atoms with van der Waals surface area (Å²) in [5.41, 5.74) is 2.26. The van der Waals surface area contributed by atoms with E-state index in [9.17, 15) is 4.79 Å². The second kappa shape index (κ2) is 4.28. The van der Waals surface area contributed by atoms with Crippen molar-refractivity contribution in [3.8, 4) is 0 Å². The highest BCUT2D eigenvalue weighted by molar-refractivity contribution is 5.87. The molecule has 2 aliphatic carbocycles. The van der Waals surface area contributed by atoms with Crippen LogP contribution in [0.25, 0.3) is 0 Å². The van der Waals surface area contributed by atoms with Crippen molar-refractivity contribution in [1.82, 2.24) is 10.2 Å². The number of unbranched alkanes of at least 4 members (excludes halogenated alkanes) is 1. The lowest BCUT2D eigenvalue weighted by molar-refractivity contribution is 0.0689. The first kappa shape index (κ1) is 11.2. The van der Waals surface area contributed by atoms with Crippen LogP contribution in [-0.2, 0) is 6.42 Å². The monoisotopic (exact) mass is 222 g/mol. The van der Waals surface area contributed by atoms with Gasteiger partial charge in [0.1, 0.15) is 0 Å². The molecule has 0 unspecified atom stereocenters. The van der Waals surface area contributed by atoms with E-state index in [-0.39, 0.29) is 5.69 Å². The largest absolute Gasteiger partial charge is 0.476 e. The Bertz CT molecular complexity index is 396. The Balaban J connectivity index is 0.000000212. The van der Waals surface area contributed by atoms with Crippen molar-refractivity contribution < 1.29 is 9.90 Å². The number of carboxylic acid groups (broad SMARTS) is 1. The fourth-order valence-corrected chi connectivity index (χ4v) is 2.16. The summed E-state index contributed by atoms with van der Waals surface area (Å²) in [5, 5.41) is 15.4. The minimum Gasteiger partial charge on any atom is -0.476 e. The highest BCUT2D eigenvalue weighted by Gasteiger charge is 2.48. The van der Waals surface area contributed by atoms with E-state index >= 15 is 0 Å². The van der Waals surface area contributed by atoms with Gasteiger partial charge in [0.2, 0.25) is 0 Å². The van der Waals surface area contributed by atoms with Gasteiger partial charge in [-0.2, -0.15) is 5.10 Å². The average Bonchev–Trinajstić information content (AvgIpc) is 2.75. The Kier molecular flexibility index (Phi) is 2.99. The lowest BCUT2D eigenvalue weighted by Gasteiger charge is -1.92. The molecule has 2 aliphatic rings. The van der Waals surface area contributed by atoms with Gasteiger partial charge in [-0.15, -0.1) is 0 Å². The van der Waals surface area contributed by atoms with Gasteiger partial charge in [-0.3, -0.25) is 5.10 Å². The number of aromatic nitrogens is 2. The Morgan fingerprint density at radius 1 is 1.50 bits per heavy atom. The number of aromatic amines is 1. The lowest BCUT2D eigenvalue weighted by Crippen LogP contribution is -2.01. The number of hydrogen-bond acceptors (Lipinski definition) is 2. The maximum Gasteiger partial charge on any atom is 0.356 e. The zero-order valence-corrected chi connectivity index (χ0v) is 9.79. The van der Waals surface area contributed by atoms with Crippen LogP contribution < -0.4 is 0 Å². The van der Waals surface area contributed by atoms with E-state index in [1.54, 1.807) is 0 Å². The quantitative estimate of drug-likeness (QED) is 0.808. The van der Waals surface area contributed by atoms with E-state index in [4.69, 9.17) is 5.11 Å². The third-order valence-electron chi connectivity index (χ3n) is 3.36.